The highest BCUT2D eigenvalue weighted by Gasteiger charge is 2.38. The molecule has 0 N–H and O–H groups in total. The Hall–Kier alpha value is -0.206. The molecule has 0 amide bonds. The quantitative estimate of drug-likeness (QED) is 0.477. The molecule has 0 radical (unpaired) electrons. The van der Waals surface area contributed by atoms with Gasteiger partial charge in [0.1, 0.15) is 0 Å². The molecule has 102 valence electrons. The molecule has 0 heterocycles. The van der Waals surface area contributed by atoms with Gasteiger partial charge in [-0.2, -0.15) is 0 Å². The first-order chi connectivity index (χ1) is 8.16. The Labute approximate surface area is 111 Å². The first kappa shape index (κ1) is 19.1. The molecular formula is C12H28O3Si2. The van der Waals surface area contributed by atoms with E-state index >= 15 is 0 Å². The average molecular weight is 277 g/mol. The van der Waals surface area contributed by atoms with Gasteiger partial charge in [0.15, 0.2) is 0 Å². The van der Waals surface area contributed by atoms with Gasteiger partial charge in [-0.3, -0.25) is 0 Å². The minimum atomic E-state index is -2.41. The van der Waals surface area contributed by atoms with Crippen LogP contribution >= 0.6 is 0 Å². The van der Waals surface area contributed by atoms with Gasteiger partial charge in [-0.1, -0.05) is 12.2 Å². The lowest BCUT2D eigenvalue weighted by Crippen LogP contribution is -2.45. The molecule has 0 aliphatic rings. The Bertz CT molecular complexity index is 170. The maximum Gasteiger partial charge on any atom is 0.504 e. The molecule has 0 saturated carbocycles. The van der Waals surface area contributed by atoms with Crippen LogP contribution in [0.25, 0.3) is 0 Å². The zero-order valence-corrected chi connectivity index (χ0v) is 14.8. The minimum Gasteiger partial charge on any atom is -0.374 e. The molecule has 0 aromatic carbocycles. The topological polar surface area (TPSA) is 27.7 Å². The van der Waals surface area contributed by atoms with Crippen molar-refractivity contribution in [1.29, 1.82) is 0 Å². The summed E-state index contributed by atoms with van der Waals surface area (Å²) in [6.07, 6.45) is 3.74. The Morgan fingerprint density at radius 3 is 1.47 bits per heavy atom. The molecule has 0 aromatic heterocycles. The standard InChI is InChI=1S/C9H20O3Si.C3H8Si/c1-5-9-13(10-6-2,11-7-3)12-8-4;1-2-3-4/h5H,1,6-9H2,2-4H3;2H,1,3H2,4H3. The average Bonchev–Trinajstić information content (AvgIpc) is 2.31. The normalized spacial score (nSPS) is 10.5. The van der Waals surface area contributed by atoms with E-state index in [2.05, 4.69) is 13.2 Å². The predicted molar refractivity (Wildman–Crippen MR) is 80.6 cm³/mol. The molecule has 0 saturated heterocycles. The lowest BCUT2D eigenvalue weighted by Gasteiger charge is -2.27. The van der Waals surface area contributed by atoms with Gasteiger partial charge in [-0.15, -0.1) is 13.2 Å². The van der Waals surface area contributed by atoms with Gasteiger partial charge >= 0.3 is 8.80 Å². The van der Waals surface area contributed by atoms with Crippen molar-refractivity contribution in [3.63, 3.8) is 0 Å². The second-order valence-electron chi connectivity index (χ2n) is 3.17. The van der Waals surface area contributed by atoms with E-state index in [1.165, 1.54) is 16.3 Å². The summed E-state index contributed by atoms with van der Waals surface area (Å²) in [4.78, 5) is 0. The maximum atomic E-state index is 5.57. The van der Waals surface area contributed by atoms with E-state index in [4.69, 9.17) is 13.3 Å². The van der Waals surface area contributed by atoms with Crippen LogP contribution in [0.15, 0.2) is 25.3 Å². The zero-order valence-electron chi connectivity index (χ0n) is 11.8. The van der Waals surface area contributed by atoms with E-state index in [0.29, 0.717) is 25.9 Å². The summed E-state index contributed by atoms with van der Waals surface area (Å²) in [7, 11) is -1.14. The van der Waals surface area contributed by atoms with E-state index in [1.54, 1.807) is 6.08 Å². The van der Waals surface area contributed by atoms with Crippen molar-refractivity contribution in [2.45, 2.75) is 32.9 Å². The number of allylic oxidation sites excluding steroid dienone is 2. The van der Waals surface area contributed by atoms with Crippen molar-refractivity contribution in [3.05, 3.63) is 25.3 Å². The fourth-order valence-corrected chi connectivity index (χ4v) is 3.41. The van der Waals surface area contributed by atoms with E-state index < -0.39 is 8.80 Å². The highest BCUT2D eigenvalue weighted by Crippen LogP contribution is 2.15. The summed E-state index contributed by atoms with van der Waals surface area (Å²) < 4.78 is 16.7. The van der Waals surface area contributed by atoms with Crippen LogP contribution in [0, 0.1) is 0 Å². The summed E-state index contributed by atoms with van der Waals surface area (Å²) in [6, 6.07) is 1.91. The molecule has 0 aromatic rings. The predicted octanol–water partition coefficient (Wildman–Crippen LogP) is 2.18. The number of rotatable bonds is 9. The largest absolute Gasteiger partial charge is 0.504 e. The molecule has 0 spiro atoms. The zero-order chi connectivity index (χ0) is 13.6. The van der Waals surface area contributed by atoms with Crippen molar-refractivity contribution in [3.8, 4) is 0 Å². The SMILES string of the molecule is C=CC[SiH3].C=CC[Si](OCC)(OCC)OCC. The van der Waals surface area contributed by atoms with Gasteiger partial charge < -0.3 is 13.3 Å². The van der Waals surface area contributed by atoms with Gasteiger partial charge in [0.05, 0.1) is 0 Å². The molecule has 0 aliphatic heterocycles. The van der Waals surface area contributed by atoms with E-state index in [9.17, 15) is 0 Å². The minimum absolute atomic E-state index is 0.625. The monoisotopic (exact) mass is 276 g/mol. The van der Waals surface area contributed by atoms with Gasteiger partial charge in [-0.05, 0) is 26.8 Å². The van der Waals surface area contributed by atoms with Crippen molar-refractivity contribution in [1.82, 2.24) is 0 Å². The molecule has 0 rings (SSSR count). The highest BCUT2D eigenvalue weighted by molar-refractivity contribution is 6.61. The molecule has 0 fully saturated rings. The molecule has 0 aliphatic carbocycles. The smallest absolute Gasteiger partial charge is 0.374 e. The van der Waals surface area contributed by atoms with Gasteiger partial charge in [-0.25, -0.2) is 0 Å². The van der Waals surface area contributed by atoms with E-state index in [-0.39, 0.29) is 0 Å². The Morgan fingerprint density at radius 2 is 1.29 bits per heavy atom. The molecular weight excluding hydrogens is 248 g/mol. The Balaban J connectivity index is 0. The third-order valence-corrected chi connectivity index (χ3v) is 5.33. The van der Waals surface area contributed by atoms with Crippen LogP contribution < -0.4 is 0 Å². The summed E-state index contributed by atoms with van der Waals surface area (Å²) >= 11 is 0. The molecule has 0 unspecified atom stereocenters. The molecule has 5 heteroatoms. The summed E-state index contributed by atoms with van der Waals surface area (Å²) in [6.45, 7) is 14.9. The van der Waals surface area contributed by atoms with Crippen LogP contribution in [0.2, 0.25) is 12.1 Å². The number of hydrogen-bond acceptors (Lipinski definition) is 3. The fourth-order valence-electron chi connectivity index (χ4n) is 1.14. The van der Waals surface area contributed by atoms with Crippen LogP contribution in [0.4, 0.5) is 0 Å². The van der Waals surface area contributed by atoms with Crippen LogP contribution in [-0.4, -0.2) is 38.9 Å². The summed E-state index contributed by atoms with van der Waals surface area (Å²) in [5.41, 5.74) is 0. The third kappa shape index (κ3) is 10.7. The van der Waals surface area contributed by atoms with Crippen molar-refractivity contribution in [2.24, 2.45) is 0 Å². The number of hydrogen-bond donors (Lipinski definition) is 0. The Morgan fingerprint density at radius 1 is 0.941 bits per heavy atom. The van der Waals surface area contributed by atoms with Gasteiger partial charge in [0, 0.05) is 36.1 Å². The van der Waals surface area contributed by atoms with Crippen LogP contribution in [0.1, 0.15) is 20.8 Å². The van der Waals surface area contributed by atoms with Crippen LogP contribution in [0.3, 0.4) is 0 Å². The lowest BCUT2D eigenvalue weighted by atomic mass is 10.8. The highest BCUT2D eigenvalue weighted by atomic mass is 28.4. The first-order valence-corrected chi connectivity index (χ1v) is 9.64. The Kier molecular flexibility index (Phi) is 15.6. The van der Waals surface area contributed by atoms with Gasteiger partial charge in [0.25, 0.3) is 0 Å². The summed E-state index contributed by atoms with van der Waals surface area (Å²) in [5.74, 6) is 0. The molecule has 0 atom stereocenters. The molecule has 17 heavy (non-hydrogen) atoms. The second kappa shape index (κ2) is 13.9. The fraction of sp³-hybridized carbons (Fsp3) is 0.667. The third-order valence-electron chi connectivity index (χ3n) is 1.78. The first-order valence-electron chi connectivity index (χ1n) is 6.29. The molecule has 3 nitrogen and oxygen atoms in total. The molecule has 0 bridgehead atoms. The lowest BCUT2D eigenvalue weighted by molar-refractivity contribution is 0.0743. The van der Waals surface area contributed by atoms with Crippen molar-refractivity contribution < 1.29 is 13.3 Å². The van der Waals surface area contributed by atoms with Gasteiger partial charge in [0.2, 0.25) is 0 Å². The second-order valence-corrected chi connectivity index (χ2v) is 6.63. The maximum absolute atomic E-state index is 5.57. The van der Waals surface area contributed by atoms with E-state index in [0.717, 1.165) is 0 Å². The van der Waals surface area contributed by atoms with Crippen LogP contribution in [-0.2, 0) is 13.3 Å². The van der Waals surface area contributed by atoms with Crippen molar-refractivity contribution >= 4 is 19.0 Å². The summed E-state index contributed by atoms with van der Waals surface area (Å²) in [5, 5.41) is 0. The van der Waals surface area contributed by atoms with E-state index in [1.807, 2.05) is 26.8 Å². The van der Waals surface area contributed by atoms with Crippen molar-refractivity contribution in [2.75, 3.05) is 19.8 Å². The van der Waals surface area contributed by atoms with Crippen LogP contribution in [0.5, 0.6) is 0 Å².